The second-order valence-electron chi connectivity index (χ2n) is 6.06. The molecule has 1 fully saturated rings. The third kappa shape index (κ3) is 4.93. The van der Waals surface area contributed by atoms with Crippen LogP contribution in [0.5, 0.6) is 0 Å². The highest BCUT2D eigenvalue weighted by molar-refractivity contribution is 5.20. The normalized spacial score (nSPS) is 17.6. The molecule has 0 unspecified atom stereocenters. The van der Waals surface area contributed by atoms with Gasteiger partial charge in [0.05, 0.1) is 13.2 Å². The lowest BCUT2D eigenvalue weighted by molar-refractivity contribution is 0.140. The number of furan rings is 1. The smallest absolute Gasteiger partial charge is 0.118 e. The van der Waals surface area contributed by atoms with Gasteiger partial charge in [0, 0.05) is 31.8 Å². The van der Waals surface area contributed by atoms with Crippen LogP contribution in [0, 0.1) is 12.8 Å². The van der Waals surface area contributed by atoms with Crippen molar-refractivity contribution in [3.05, 3.63) is 23.2 Å². The van der Waals surface area contributed by atoms with E-state index in [9.17, 15) is 0 Å². The fourth-order valence-electron chi connectivity index (χ4n) is 2.51. The minimum absolute atomic E-state index is 0.669. The molecule has 4 heteroatoms. The molecule has 4 nitrogen and oxygen atoms in total. The fraction of sp³-hybridized carbons (Fsp3) is 0.750. The maximum Gasteiger partial charge on any atom is 0.118 e. The first-order valence-corrected chi connectivity index (χ1v) is 7.74. The summed E-state index contributed by atoms with van der Waals surface area (Å²) in [6.07, 6.45) is 1.12. The summed E-state index contributed by atoms with van der Waals surface area (Å²) in [5.41, 5.74) is 1.31. The summed E-state index contributed by atoms with van der Waals surface area (Å²) in [7, 11) is 0. The minimum atomic E-state index is 0.669. The van der Waals surface area contributed by atoms with E-state index in [4.69, 9.17) is 9.15 Å². The number of nitrogens with one attached hydrogen (secondary N) is 1. The highest BCUT2D eigenvalue weighted by Gasteiger charge is 2.14. The summed E-state index contributed by atoms with van der Waals surface area (Å²) >= 11 is 0. The van der Waals surface area contributed by atoms with Crippen LogP contribution in [0.25, 0.3) is 0 Å². The Morgan fingerprint density at radius 3 is 2.95 bits per heavy atom. The molecule has 0 atom stereocenters. The zero-order valence-corrected chi connectivity index (χ0v) is 13.1. The van der Waals surface area contributed by atoms with Gasteiger partial charge in [-0.05, 0) is 31.9 Å². The number of aryl methyl sites for hydroxylation is 1. The van der Waals surface area contributed by atoms with Gasteiger partial charge in [0.25, 0.3) is 0 Å². The van der Waals surface area contributed by atoms with Gasteiger partial charge >= 0.3 is 0 Å². The van der Waals surface area contributed by atoms with Crippen LogP contribution in [0.1, 0.15) is 37.4 Å². The third-order valence-electron chi connectivity index (χ3n) is 3.63. The molecule has 2 heterocycles. The SMILES string of the molecule is Cc1oc(CNCC(C)C)cc1CN1CCCOCC1. The van der Waals surface area contributed by atoms with E-state index in [2.05, 4.69) is 37.1 Å². The van der Waals surface area contributed by atoms with Gasteiger partial charge in [-0.25, -0.2) is 0 Å². The molecule has 0 amide bonds. The first-order chi connectivity index (χ1) is 9.65. The largest absolute Gasteiger partial charge is 0.465 e. The molecule has 1 aromatic rings. The number of hydrogen-bond acceptors (Lipinski definition) is 4. The maximum absolute atomic E-state index is 5.85. The molecule has 0 saturated carbocycles. The first-order valence-electron chi connectivity index (χ1n) is 7.74. The van der Waals surface area contributed by atoms with Crippen LogP contribution in [0.4, 0.5) is 0 Å². The number of rotatable bonds is 6. The predicted molar refractivity (Wildman–Crippen MR) is 80.7 cm³/mol. The summed E-state index contributed by atoms with van der Waals surface area (Å²) in [5, 5.41) is 3.43. The highest BCUT2D eigenvalue weighted by atomic mass is 16.5. The molecule has 1 aliphatic heterocycles. The molecule has 0 aliphatic carbocycles. The van der Waals surface area contributed by atoms with Gasteiger partial charge in [0.1, 0.15) is 11.5 Å². The van der Waals surface area contributed by atoms with Crippen molar-refractivity contribution < 1.29 is 9.15 Å². The molecular weight excluding hydrogens is 252 g/mol. The van der Waals surface area contributed by atoms with Crippen LogP contribution in [0.2, 0.25) is 0 Å². The Morgan fingerprint density at radius 1 is 1.30 bits per heavy atom. The average Bonchev–Trinajstić information content (AvgIpc) is 2.61. The highest BCUT2D eigenvalue weighted by Crippen LogP contribution is 2.17. The van der Waals surface area contributed by atoms with Crippen molar-refractivity contribution in [2.24, 2.45) is 5.92 Å². The summed E-state index contributed by atoms with van der Waals surface area (Å²) in [6.45, 7) is 13.2. The van der Waals surface area contributed by atoms with Crippen LogP contribution < -0.4 is 5.32 Å². The predicted octanol–water partition coefficient (Wildman–Crippen LogP) is 2.56. The zero-order valence-electron chi connectivity index (χ0n) is 13.1. The van der Waals surface area contributed by atoms with Gasteiger partial charge in [-0.15, -0.1) is 0 Å². The summed E-state index contributed by atoms with van der Waals surface area (Å²) in [6, 6.07) is 2.20. The van der Waals surface area contributed by atoms with E-state index in [0.717, 1.165) is 63.9 Å². The summed E-state index contributed by atoms with van der Waals surface area (Å²) in [4.78, 5) is 2.45. The Balaban J connectivity index is 1.86. The molecular formula is C16H28N2O2. The van der Waals surface area contributed by atoms with Crippen molar-refractivity contribution in [3.63, 3.8) is 0 Å². The van der Waals surface area contributed by atoms with Crippen molar-refractivity contribution in [2.45, 2.75) is 40.3 Å². The number of hydrogen-bond donors (Lipinski definition) is 1. The Morgan fingerprint density at radius 2 is 2.15 bits per heavy atom. The third-order valence-corrected chi connectivity index (χ3v) is 3.63. The number of ether oxygens (including phenoxy) is 1. The molecule has 20 heavy (non-hydrogen) atoms. The van der Waals surface area contributed by atoms with Crippen LogP contribution in [0.3, 0.4) is 0 Å². The fourth-order valence-corrected chi connectivity index (χ4v) is 2.51. The van der Waals surface area contributed by atoms with E-state index in [1.807, 2.05) is 0 Å². The van der Waals surface area contributed by atoms with Crippen molar-refractivity contribution in [1.29, 1.82) is 0 Å². The van der Waals surface area contributed by atoms with Crippen LogP contribution >= 0.6 is 0 Å². The molecule has 114 valence electrons. The van der Waals surface area contributed by atoms with E-state index >= 15 is 0 Å². The molecule has 2 rings (SSSR count). The zero-order chi connectivity index (χ0) is 14.4. The van der Waals surface area contributed by atoms with E-state index in [0.29, 0.717) is 5.92 Å². The Kier molecular flexibility index (Phi) is 6.07. The molecule has 1 N–H and O–H groups in total. The Bertz CT molecular complexity index is 393. The summed E-state index contributed by atoms with van der Waals surface area (Å²) in [5.74, 6) is 2.77. The van der Waals surface area contributed by atoms with Crippen molar-refractivity contribution in [3.8, 4) is 0 Å². The maximum atomic E-state index is 5.85. The van der Waals surface area contributed by atoms with Crippen LogP contribution in [0.15, 0.2) is 10.5 Å². The first kappa shape index (κ1) is 15.5. The Labute approximate surface area is 122 Å². The van der Waals surface area contributed by atoms with Gasteiger partial charge in [-0.3, -0.25) is 4.90 Å². The second-order valence-corrected chi connectivity index (χ2v) is 6.06. The second kappa shape index (κ2) is 7.81. The van der Waals surface area contributed by atoms with Crippen molar-refractivity contribution in [2.75, 3.05) is 32.8 Å². The molecule has 1 aliphatic rings. The Hall–Kier alpha value is -0.840. The lowest BCUT2D eigenvalue weighted by atomic mass is 10.2. The van der Waals surface area contributed by atoms with E-state index in [-0.39, 0.29) is 0 Å². The van der Waals surface area contributed by atoms with Gasteiger partial charge in [-0.1, -0.05) is 13.8 Å². The number of nitrogens with zero attached hydrogens (tertiary/aromatic N) is 1. The van der Waals surface area contributed by atoms with Crippen LogP contribution in [-0.2, 0) is 17.8 Å². The molecule has 0 aromatic carbocycles. The molecule has 1 saturated heterocycles. The molecule has 0 radical (unpaired) electrons. The van der Waals surface area contributed by atoms with Gasteiger partial charge in [-0.2, -0.15) is 0 Å². The van der Waals surface area contributed by atoms with Gasteiger partial charge in [0.15, 0.2) is 0 Å². The van der Waals surface area contributed by atoms with Crippen molar-refractivity contribution >= 4 is 0 Å². The lowest BCUT2D eigenvalue weighted by Gasteiger charge is -2.18. The van der Waals surface area contributed by atoms with Crippen molar-refractivity contribution in [1.82, 2.24) is 10.2 Å². The molecule has 0 bridgehead atoms. The van der Waals surface area contributed by atoms with E-state index < -0.39 is 0 Å². The van der Waals surface area contributed by atoms with E-state index in [1.165, 1.54) is 5.56 Å². The minimum Gasteiger partial charge on any atom is -0.465 e. The van der Waals surface area contributed by atoms with Gasteiger partial charge < -0.3 is 14.5 Å². The van der Waals surface area contributed by atoms with Crippen LogP contribution in [-0.4, -0.2) is 37.7 Å². The average molecular weight is 280 g/mol. The van der Waals surface area contributed by atoms with E-state index in [1.54, 1.807) is 0 Å². The molecule has 1 aromatic heterocycles. The monoisotopic (exact) mass is 280 g/mol. The quantitative estimate of drug-likeness (QED) is 0.869. The standard InChI is InChI=1S/C16H28N2O2/c1-13(2)10-17-11-16-9-15(14(3)20-16)12-18-5-4-7-19-8-6-18/h9,13,17H,4-8,10-12H2,1-3H3. The van der Waals surface area contributed by atoms with Gasteiger partial charge in [0.2, 0.25) is 0 Å². The topological polar surface area (TPSA) is 37.6 Å². The summed E-state index contributed by atoms with van der Waals surface area (Å²) < 4.78 is 11.3. The lowest BCUT2D eigenvalue weighted by Crippen LogP contribution is -2.25. The molecule has 0 spiro atoms.